The van der Waals surface area contributed by atoms with E-state index in [2.05, 4.69) is 4.18 Å². The first-order valence-electron chi connectivity index (χ1n) is 8.13. The minimum atomic E-state index is -5.77. The molecule has 0 fully saturated rings. The van der Waals surface area contributed by atoms with Crippen molar-refractivity contribution < 1.29 is 30.5 Å². The van der Waals surface area contributed by atoms with E-state index in [0.29, 0.717) is 10.6 Å². The zero-order valence-electron chi connectivity index (χ0n) is 15.1. The number of ether oxygens (including phenoxy) is 1. The highest BCUT2D eigenvalue weighted by Gasteiger charge is 2.48. The highest BCUT2D eigenvalue weighted by molar-refractivity contribution is 7.88. The molecule has 0 saturated heterocycles. The Balaban J connectivity index is 2.06. The molecule has 0 radical (unpaired) electrons. The molecule has 3 rings (SSSR count). The van der Waals surface area contributed by atoms with Crippen molar-refractivity contribution in [3.05, 3.63) is 64.2 Å². The second kappa shape index (κ2) is 6.70. The number of alkyl halides is 3. The van der Waals surface area contributed by atoms with Crippen LogP contribution in [0.1, 0.15) is 30.5 Å². The van der Waals surface area contributed by atoms with Crippen molar-refractivity contribution in [1.82, 2.24) is 0 Å². The fraction of sp³-hybridized carbons (Fsp3) is 0.263. The maximum absolute atomic E-state index is 12.6. The zero-order valence-corrected chi connectivity index (χ0v) is 16.7. The van der Waals surface area contributed by atoms with Crippen LogP contribution < -0.4 is 8.92 Å². The Hall–Kier alpha value is -2.19. The second-order valence-corrected chi connectivity index (χ2v) is 8.81. The first kappa shape index (κ1) is 20.5. The molecule has 0 saturated carbocycles. The van der Waals surface area contributed by atoms with Crippen LogP contribution >= 0.6 is 11.6 Å². The first-order chi connectivity index (χ1) is 12.8. The van der Waals surface area contributed by atoms with Gasteiger partial charge in [-0.15, -0.1) is 0 Å². The maximum Gasteiger partial charge on any atom is 0.534 e. The van der Waals surface area contributed by atoms with Gasteiger partial charge < -0.3 is 8.92 Å². The van der Waals surface area contributed by atoms with Crippen molar-refractivity contribution >= 4 is 27.3 Å². The molecule has 1 aliphatic rings. The predicted octanol–water partition coefficient (Wildman–Crippen LogP) is 5.48. The maximum atomic E-state index is 12.6. The molecule has 0 atom stereocenters. The van der Waals surface area contributed by atoms with Crippen LogP contribution in [0.4, 0.5) is 13.2 Å². The standard InChI is InChI=1S/C19H16ClF3O4S/c1-11-8-12(4-7-16(11)20)15-10-18(2,3)26-17-9-13(5-6-14(15)17)27-28(24,25)19(21,22)23/h4-10H,1-3H3. The van der Waals surface area contributed by atoms with Gasteiger partial charge in [0.1, 0.15) is 17.1 Å². The predicted molar refractivity (Wildman–Crippen MR) is 100 cm³/mol. The van der Waals surface area contributed by atoms with E-state index in [9.17, 15) is 21.6 Å². The molecular weight excluding hydrogens is 417 g/mol. The van der Waals surface area contributed by atoms with Gasteiger partial charge in [-0.2, -0.15) is 21.6 Å². The van der Waals surface area contributed by atoms with Gasteiger partial charge in [0.05, 0.1) is 0 Å². The zero-order chi connectivity index (χ0) is 20.9. The molecule has 2 aromatic carbocycles. The molecular formula is C19H16ClF3O4S. The van der Waals surface area contributed by atoms with Gasteiger partial charge in [-0.25, -0.2) is 0 Å². The minimum absolute atomic E-state index is 0.213. The summed E-state index contributed by atoms with van der Waals surface area (Å²) in [5.41, 5.74) is -3.21. The van der Waals surface area contributed by atoms with E-state index in [1.807, 2.05) is 25.1 Å². The first-order valence-corrected chi connectivity index (χ1v) is 9.91. The average molecular weight is 433 g/mol. The van der Waals surface area contributed by atoms with Gasteiger partial charge in [0.15, 0.2) is 0 Å². The summed E-state index contributed by atoms with van der Waals surface area (Å²) >= 11 is 6.09. The topological polar surface area (TPSA) is 52.6 Å². The van der Waals surface area contributed by atoms with Crippen LogP contribution in [-0.4, -0.2) is 19.5 Å². The molecule has 1 aliphatic heterocycles. The molecule has 0 aliphatic carbocycles. The lowest BCUT2D eigenvalue weighted by Crippen LogP contribution is -2.30. The summed E-state index contributed by atoms with van der Waals surface area (Å²) in [6.45, 7) is 5.41. The Labute approximate surface area is 165 Å². The highest BCUT2D eigenvalue weighted by Crippen LogP contribution is 2.42. The molecule has 9 heteroatoms. The fourth-order valence-electron chi connectivity index (χ4n) is 2.82. The van der Waals surface area contributed by atoms with Crippen molar-refractivity contribution in [2.24, 2.45) is 0 Å². The van der Waals surface area contributed by atoms with E-state index in [-0.39, 0.29) is 5.75 Å². The van der Waals surface area contributed by atoms with Crippen LogP contribution in [0.15, 0.2) is 42.5 Å². The molecule has 0 amide bonds. The lowest BCUT2D eigenvalue weighted by Gasteiger charge is -2.31. The smallest absolute Gasteiger partial charge is 0.483 e. The Morgan fingerprint density at radius 3 is 2.39 bits per heavy atom. The van der Waals surface area contributed by atoms with Crippen molar-refractivity contribution in [2.75, 3.05) is 0 Å². The summed E-state index contributed by atoms with van der Waals surface area (Å²) in [6, 6.07) is 9.21. The molecule has 4 nitrogen and oxygen atoms in total. The van der Waals surface area contributed by atoms with Crippen molar-refractivity contribution in [2.45, 2.75) is 31.9 Å². The van der Waals surface area contributed by atoms with Gasteiger partial charge >= 0.3 is 15.6 Å². The van der Waals surface area contributed by atoms with Crippen LogP contribution in [-0.2, 0) is 10.1 Å². The molecule has 0 N–H and O–H groups in total. The van der Waals surface area contributed by atoms with Crippen LogP contribution in [0.2, 0.25) is 5.02 Å². The number of hydrogen-bond acceptors (Lipinski definition) is 4. The van der Waals surface area contributed by atoms with Crippen molar-refractivity contribution in [1.29, 1.82) is 0 Å². The Bertz CT molecular complexity index is 1070. The van der Waals surface area contributed by atoms with Gasteiger partial charge in [-0.05, 0) is 67.8 Å². The van der Waals surface area contributed by atoms with Crippen LogP contribution in [0.3, 0.4) is 0 Å². The van der Waals surface area contributed by atoms with E-state index in [1.165, 1.54) is 6.07 Å². The monoisotopic (exact) mass is 432 g/mol. The molecule has 2 aromatic rings. The number of hydrogen-bond donors (Lipinski definition) is 0. The second-order valence-electron chi connectivity index (χ2n) is 6.87. The van der Waals surface area contributed by atoms with E-state index >= 15 is 0 Å². The molecule has 1 heterocycles. The van der Waals surface area contributed by atoms with Crippen LogP contribution in [0.5, 0.6) is 11.5 Å². The molecule has 0 unspecified atom stereocenters. The van der Waals surface area contributed by atoms with Gasteiger partial charge in [0.2, 0.25) is 0 Å². The number of fused-ring (bicyclic) bond motifs is 1. The van der Waals surface area contributed by atoms with Gasteiger partial charge in [-0.1, -0.05) is 17.7 Å². The SMILES string of the molecule is Cc1cc(C2=CC(C)(C)Oc3cc(OS(=O)(=O)C(F)(F)F)ccc32)ccc1Cl. The Morgan fingerprint density at radius 2 is 1.79 bits per heavy atom. The molecule has 28 heavy (non-hydrogen) atoms. The Kier molecular flexibility index (Phi) is 4.92. The average Bonchev–Trinajstić information content (AvgIpc) is 2.54. The summed E-state index contributed by atoms with van der Waals surface area (Å²) in [4.78, 5) is 0. The summed E-state index contributed by atoms with van der Waals surface area (Å²) in [7, 11) is -5.77. The van der Waals surface area contributed by atoms with Crippen LogP contribution in [0.25, 0.3) is 5.57 Å². The van der Waals surface area contributed by atoms with E-state index in [4.69, 9.17) is 16.3 Å². The van der Waals surface area contributed by atoms with E-state index < -0.39 is 27.0 Å². The quantitative estimate of drug-likeness (QED) is 0.476. The summed E-state index contributed by atoms with van der Waals surface area (Å²) in [5.74, 6) is -0.273. The molecule has 0 bridgehead atoms. The van der Waals surface area contributed by atoms with Crippen molar-refractivity contribution in [3.8, 4) is 11.5 Å². The number of halogens is 4. The molecule has 0 spiro atoms. The third-order valence-corrected chi connectivity index (χ3v) is 5.47. The van der Waals surface area contributed by atoms with E-state index in [1.54, 1.807) is 19.9 Å². The largest absolute Gasteiger partial charge is 0.534 e. The van der Waals surface area contributed by atoms with Crippen molar-refractivity contribution in [3.63, 3.8) is 0 Å². The van der Waals surface area contributed by atoms with E-state index in [0.717, 1.165) is 28.8 Å². The van der Waals surface area contributed by atoms with Gasteiger partial charge in [0, 0.05) is 16.7 Å². The summed E-state index contributed by atoms with van der Waals surface area (Å²) in [6.07, 6.45) is 1.88. The van der Waals surface area contributed by atoms with Crippen LogP contribution in [0, 0.1) is 6.92 Å². The van der Waals surface area contributed by atoms with Gasteiger partial charge in [0.25, 0.3) is 0 Å². The minimum Gasteiger partial charge on any atom is -0.483 e. The summed E-state index contributed by atoms with van der Waals surface area (Å²) < 4.78 is 70.2. The molecule has 0 aromatic heterocycles. The molecule has 150 valence electrons. The third kappa shape index (κ3) is 3.98. The fourth-order valence-corrected chi connectivity index (χ4v) is 3.39. The lowest BCUT2D eigenvalue weighted by molar-refractivity contribution is -0.0500. The number of rotatable bonds is 3. The number of benzene rings is 2. The normalized spacial score (nSPS) is 16.0. The summed E-state index contributed by atoms with van der Waals surface area (Å²) in [5, 5.41) is 0.608. The number of aryl methyl sites for hydroxylation is 1. The third-order valence-electron chi connectivity index (χ3n) is 4.07. The lowest BCUT2D eigenvalue weighted by atomic mass is 9.89. The Morgan fingerprint density at radius 1 is 1.11 bits per heavy atom. The van der Waals surface area contributed by atoms with Gasteiger partial charge in [-0.3, -0.25) is 0 Å². The highest BCUT2D eigenvalue weighted by atomic mass is 35.5.